The molecule has 2 aromatic carbocycles. The zero-order valence-corrected chi connectivity index (χ0v) is 16.1. The molecule has 136 valence electrons. The number of fused-ring (bicyclic) bond motifs is 2. The van der Waals surface area contributed by atoms with Crippen LogP contribution in [0.3, 0.4) is 0 Å². The second-order valence-electron chi connectivity index (χ2n) is 7.87. The van der Waals surface area contributed by atoms with E-state index in [1.54, 1.807) is 0 Å². The summed E-state index contributed by atoms with van der Waals surface area (Å²) in [5.74, 6) is 1.78. The molecule has 2 aliphatic rings. The highest BCUT2D eigenvalue weighted by Gasteiger charge is 2.40. The number of benzene rings is 2. The summed E-state index contributed by atoms with van der Waals surface area (Å²) in [6.45, 7) is 1.83. The summed E-state index contributed by atoms with van der Waals surface area (Å²) in [5.41, 5.74) is 2.69. The van der Waals surface area contributed by atoms with Gasteiger partial charge in [-0.2, -0.15) is 0 Å². The van der Waals surface area contributed by atoms with Crippen LogP contribution in [0.25, 0.3) is 0 Å². The summed E-state index contributed by atoms with van der Waals surface area (Å²) in [4.78, 5) is 2.35. The van der Waals surface area contributed by atoms with E-state index < -0.39 is 0 Å². The number of nitrogens with zero attached hydrogens (tertiary/aromatic N) is 1. The minimum atomic E-state index is 0.594. The van der Waals surface area contributed by atoms with Gasteiger partial charge in [0.25, 0.3) is 0 Å². The first-order valence-corrected chi connectivity index (χ1v) is 10.3. The van der Waals surface area contributed by atoms with Gasteiger partial charge in [0.2, 0.25) is 0 Å². The van der Waals surface area contributed by atoms with Crippen LogP contribution in [0.2, 0.25) is 0 Å². The first-order valence-electron chi connectivity index (χ1n) is 9.91. The number of thiocarbonyl (C=S) groups is 1. The molecule has 2 fully saturated rings. The molecule has 2 aliphatic carbocycles. The number of nitrogens with one attached hydrogen (secondary N) is 1. The fraction of sp³-hybridized carbons (Fsp3) is 0.435. The Balaban J connectivity index is 1.41. The molecular formula is C23H28N2S. The van der Waals surface area contributed by atoms with Gasteiger partial charge in [-0.05, 0) is 60.9 Å². The summed E-state index contributed by atoms with van der Waals surface area (Å²) < 4.78 is 0. The van der Waals surface area contributed by atoms with Crippen molar-refractivity contribution in [3.63, 3.8) is 0 Å². The first kappa shape index (κ1) is 17.5. The molecule has 0 unspecified atom stereocenters. The maximum atomic E-state index is 5.86. The molecule has 26 heavy (non-hydrogen) atoms. The Morgan fingerprint density at radius 3 is 2.23 bits per heavy atom. The SMILES string of the molecule is S=C(N[C@H]1C[C@@H]2CC[C@@H]1C2)N(CCc1ccccc1)Cc1ccccc1. The standard InChI is InChI=1S/C23H28N2S/c26-23(24-22-16-20-11-12-21(22)15-20)25(17-19-9-5-2-6-10-19)14-13-18-7-3-1-4-8-18/h1-10,20-22H,11-17H2,(H,24,26)/t20-,21-,22+/m1/s1. The van der Waals surface area contributed by atoms with Crippen molar-refractivity contribution in [2.45, 2.75) is 44.7 Å². The molecule has 1 N–H and O–H groups in total. The fourth-order valence-corrected chi connectivity index (χ4v) is 4.94. The van der Waals surface area contributed by atoms with Crippen molar-refractivity contribution in [1.29, 1.82) is 0 Å². The number of rotatable bonds is 6. The fourth-order valence-electron chi connectivity index (χ4n) is 4.64. The Morgan fingerprint density at radius 2 is 1.62 bits per heavy atom. The monoisotopic (exact) mass is 364 g/mol. The van der Waals surface area contributed by atoms with Gasteiger partial charge >= 0.3 is 0 Å². The molecule has 0 aliphatic heterocycles. The van der Waals surface area contributed by atoms with Crippen LogP contribution < -0.4 is 5.32 Å². The van der Waals surface area contributed by atoms with E-state index >= 15 is 0 Å². The van der Waals surface area contributed by atoms with E-state index in [-0.39, 0.29) is 0 Å². The highest BCUT2D eigenvalue weighted by atomic mass is 32.1. The van der Waals surface area contributed by atoms with Crippen LogP contribution in [0.1, 0.15) is 36.8 Å². The van der Waals surface area contributed by atoms with Crippen molar-refractivity contribution in [3.05, 3.63) is 71.8 Å². The van der Waals surface area contributed by atoms with Gasteiger partial charge in [0.05, 0.1) is 0 Å². The van der Waals surface area contributed by atoms with E-state index in [4.69, 9.17) is 12.2 Å². The molecule has 0 saturated heterocycles. The quantitative estimate of drug-likeness (QED) is 0.742. The lowest BCUT2D eigenvalue weighted by Crippen LogP contribution is -2.46. The van der Waals surface area contributed by atoms with Crippen molar-refractivity contribution in [2.75, 3.05) is 6.54 Å². The summed E-state index contributed by atoms with van der Waals surface area (Å²) in [6.07, 6.45) is 6.54. The van der Waals surface area contributed by atoms with E-state index in [1.807, 2.05) is 0 Å². The number of hydrogen-bond acceptors (Lipinski definition) is 1. The highest BCUT2D eigenvalue weighted by Crippen LogP contribution is 2.44. The van der Waals surface area contributed by atoms with Gasteiger partial charge in [0, 0.05) is 19.1 Å². The van der Waals surface area contributed by atoms with Crippen molar-refractivity contribution >= 4 is 17.3 Å². The third-order valence-electron chi connectivity index (χ3n) is 6.06. The topological polar surface area (TPSA) is 15.3 Å². The van der Waals surface area contributed by atoms with Crippen LogP contribution in [0.4, 0.5) is 0 Å². The van der Waals surface area contributed by atoms with Gasteiger partial charge in [-0.1, -0.05) is 67.1 Å². The minimum Gasteiger partial charge on any atom is -0.360 e. The lowest BCUT2D eigenvalue weighted by Gasteiger charge is -2.31. The first-order chi connectivity index (χ1) is 12.8. The summed E-state index contributed by atoms with van der Waals surface area (Å²) in [7, 11) is 0. The average molecular weight is 365 g/mol. The van der Waals surface area contributed by atoms with E-state index in [0.29, 0.717) is 6.04 Å². The van der Waals surface area contributed by atoms with Crippen molar-refractivity contribution < 1.29 is 0 Å². The number of hydrogen-bond donors (Lipinski definition) is 1. The van der Waals surface area contributed by atoms with Gasteiger partial charge < -0.3 is 10.2 Å². The third kappa shape index (κ3) is 4.27. The van der Waals surface area contributed by atoms with Crippen molar-refractivity contribution in [2.24, 2.45) is 11.8 Å². The summed E-state index contributed by atoms with van der Waals surface area (Å²) in [6, 6.07) is 22.0. The molecule has 2 saturated carbocycles. The second kappa shape index (κ2) is 8.22. The van der Waals surface area contributed by atoms with Gasteiger partial charge in [-0.25, -0.2) is 0 Å². The van der Waals surface area contributed by atoms with Crippen LogP contribution in [-0.2, 0) is 13.0 Å². The minimum absolute atomic E-state index is 0.594. The smallest absolute Gasteiger partial charge is 0.169 e. The van der Waals surface area contributed by atoms with E-state index in [9.17, 15) is 0 Å². The maximum absolute atomic E-state index is 5.86. The molecule has 3 atom stereocenters. The Morgan fingerprint density at radius 1 is 0.923 bits per heavy atom. The predicted molar refractivity (Wildman–Crippen MR) is 112 cm³/mol. The molecule has 0 amide bonds. The van der Waals surface area contributed by atoms with Crippen LogP contribution >= 0.6 is 12.2 Å². The van der Waals surface area contributed by atoms with Crippen molar-refractivity contribution in [3.8, 4) is 0 Å². The largest absolute Gasteiger partial charge is 0.360 e. The lowest BCUT2D eigenvalue weighted by atomic mass is 9.95. The predicted octanol–water partition coefficient (Wildman–Crippen LogP) is 4.79. The molecule has 2 nitrogen and oxygen atoms in total. The van der Waals surface area contributed by atoms with E-state index in [1.165, 1.54) is 36.8 Å². The van der Waals surface area contributed by atoms with Crippen LogP contribution in [0.5, 0.6) is 0 Å². The Hall–Kier alpha value is -1.87. The van der Waals surface area contributed by atoms with Crippen molar-refractivity contribution in [1.82, 2.24) is 10.2 Å². The molecule has 4 rings (SSSR count). The molecule has 2 bridgehead atoms. The normalized spacial score (nSPS) is 23.8. The Labute approximate surface area is 162 Å². The zero-order valence-electron chi connectivity index (χ0n) is 15.3. The summed E-state index contributed by atoms with van der Waals surface area (Å²) >= 11 is 5.86. The lowest BCUT2D eigenvalue weighted by molar-refractivity contribution is 0.356. The highest BCUT2D eigenvalue weighted by molar-refractivity contribution is 7.80. The Kier molecular flexibility index (Phi) is 5.54. The molecule has 3 heteroatoms. The molecule has 2 aromatic rings. The van der Waals surface area contributed by atoms with Crippen LogP contribution in [-0.4, -0.2) is 22.6 Å². The molecule has 0 aromatic heterocycles. The van der Waals surface area contributed by atoms with Gasteiger partial charge in [0.15, 0.2) is 5.11 Å². The molecule has 0 radical (unpaired) electrons. The van der Waals surface area contributed by atoms with Gasteiger partial charge in [-0.3, -0.25) is 0 Å². The van der Waals surface area contributed by atoms with Gasteiger partial charge in [0.1, 0.15) is 0 Å². The Bertz CT molecular complexity index is 716. The average Bonchev–Trinajstić information content (AvgIpc) is 3.30. The second-order valence-corrected chi connectivity index (χ2v) is 8.26. The summed E-state index contributed by atoms with van der Waals surface area (Å²) in [5, 5.41) is 4.66. The molecule has 0 heterocycles. The third-order valence-corrected chi connectivity index (χ3v) is 6.44. The molecule has 0 spiro atoms. The molecular weight excluding hydrogens is 336 g/mol. The zero-order chi connectivity index (χ0) is 17.8. The van der Waals surface area contributed by atoms with Gasteiger partial charge in [-0.15, -0.1) is 0 Å². The van der Waals surface area contributed by atoms with E-state index in [0.717, 1.165) is 36.5 Å². The van der Waals surface area contributed by atoms with Crippen LogP contribution in [0, 0.1) is 11.8 Å². The van der Waals surface area contributed by atoms with Crippen LogP contribution in [0.15, 0.2) is 60.7 Å². The van der Waals surface area contributed by atoms with E-state index in [2.05, 4.69) is 70.9 Å². The maximum Gasteiger partial charge on any atom is 0.169 e.